The number of carbonyl (C=O) groups excluding carboxylic acids is 2. The Balaban J connectivity index is 1.31. The van der Waals surface area contributed by atoms with Crippen LogP contribution in [0.3, 0.4) is 0 Å². The van der Waals surface area contributed by atoms with E-state index in [1.807, 2.05) is 56.3 Å². The van der Waals surface area contributed by atoms with Crippen LogP contribution in [0.25, 0.3) is 0 Å². The molecule has 7 nitrogen and oxygen atoms in total. The number of hydrogen-bond donors (Lipinski definition) is 2. The zero-order chi connectivity index (χ0) is 25.5. The van der Waals surface area contributed by atoms with Crippen molar-refractivity contribution in [3.05, 3.63) is 82.0 Å². The predicted molar refractivity (Wildman–Crippen MR) is 140 cm³/mol. The number of amides is 2. The molecule has 2 amide bonds. The van der Waals surface area contributed by atoms with E-state index in [0.29, 0.717) is 23.6 Å². The van der Waals surface area contributed by atoms with Crippen LogP contribution in [0.2, 0.25) is 0 Å². The molecule has 1 aliphatic carbocycles. The molecule has 0 saturated carbocycles. The lowest BCUT2D eigenvalue weighted by molar-refractivity contribution is -0.116. The van der Waals surface area contributed by atoms with Gasteiger partial charge in [-0.1, -0.05) is 43.3 Å². The molecule has 1 aromatic carbocycles. The highest BCUT2D eigenvalue weighted by Gasteiger charge is 2.27. The molecule has 0 fully saturated rings. The first-order valence-corrected chi connectivity index (χ1v) is 13.0. The molecule has 0 aliphatic heterocycles. The highest BCUT2D eigenvalue weighted by atomic mass is 32.1. The summed E-state index contributed by atoms with van der Waals surface area (Å²) in [6, 6.07) is 15.8. The van der Waals surface area contributed by atoms with Crippen LogP contribution < -0.4 is 10.6 Å². The monoisotopic (exact) mass is 502 g/mol. The molecular weight excluding hydrogens is 472 g/mol. The van der Waals surface area contributed by atoms with Gasteiger partial charge in [0.25, 0.3) is 0 Å². The number of pyridine rings is 1. The summed E-state index contributed by atoms with van der Waals surface area (Å²) in [6.45, 7) is 4.22. The van der Waals surface area contributed by atoms with Crippen molar-refractivity contribution in [2.24, 2.45) is 5.92 Å². The number of carbonyl (C=O) groups is 2. The Morgan fingerprint density at radius 2 is 1.97 bits per heavy atom. The van der Waals surface area contributed by atoms with Crippen LogP contribution in [0, 0.1) is 17.2 Å². The molecular formula is C28H30N4O3S. The van der Waals surface area contributed by atoms with Crippen LogP contribution in [-0.4, -0.2) is 23.6 Å². The van der Waals surface area contributed by atoms with Gasteiger partial charge in [-0.15, -0.1) is 11.3 Å². The van der Waals surface area contributed by atoms with Crippen molar-refractivity contribution in [1.29, 1.82) is 5.26 Å². The first-order chi connectivity index (χ1) is 17.4. The Labute approximate surface area is 215 Å². The molecule has 3 unspecified atom stereocenters. The van der Waals surface area contributed by atoms with Gasteiger partial charge in [0.15, 0.2) is 0 Å². The number of alkyl carbamates (subject to hydrolysis) is 1. The van der Waals surface area contributed by atoms with Crippen molar-refractivity contribution in [2.45, 2.75) is 51.5 Å². The maximum Gasteiger partial charge on any atom is 0.407 e. The highest BCUT2D eigenvalue weighted by Crippen LogP contribution is 2.39. The number of nitriles is 1. The van der Waals surface area contributed by atoms with E-state index < -0.39 is 6.09 Å². The van der Waals surface area contributed by atoms with Gasteiger partial charge in [-0.05, 0) is 60.8 Å². The van der Waals surface area contributed by atoms with E-state index in [9.17, 15) is 14.9 Å². The normalized spacial score (nSPS) is 16.2. The molecule has 186 valence electrons. The minimum atomic E-state index is -0.457. The molecule has 3 atom stereocenters. The summed E-state index contributed by atoms with van der Waals surface area (Å²) < 4.78 is 5.50. The molecule has 36 heavy (non-hydrogen) atoms. The minimum absolute atomic E-state index is 0.0832. The van der Waals surface area contributed by atoms with Gasteiger partial charge in [0, 0.05) is 23.7 Å². The van der Waals surface area contributed by atoms with Gasteiger partial charge in [0.05, 0.1) is 18.2 Å². The van der Waals surface area contributed by atoms with E-state index in [2.05, 4.69) is 21.7 Å². The maximum absolute atomic E-state index is 12.7. The topological polar surface area (TPSA) is 104 Å². The number of fused-ring (bicyclic) bond motifs is 1. The third-order valence-electron chi connectivity index (χ3n) is 6.56. The maximum atomic E-state index is 12.7. The molecule has 2 aromatic heterocycles. The molecule has 0 bridgehead atoms. The quantitative estimate of drug-likeness (QED) is 0.409. The van der Waals surface area contributed by atoms with Crippen molar-refractivity contribution in [2.75, 3.05) is 11.9 Å². The fourth-order valence-electron chi connectivity index (χ4n) is 4.49. The standard InChI is InChI=1S/C28H30N4O3S/c1-18(21-7-4-3-5-8-21)13-26(33)32-27-24(15-29)23-11-10-20(14-25(23)36-27)17-35-28(34)31-19(2)22-9-6-12-30-16-22/h3-9,12,16,18-20H,10-11,13-14,17H2,1-2H3,(H,31,34)(H,32,33). The van der Waals surface area contributed by atoms with Gasteiger partial charge in [-0.3, -0.25) is 9.78 Å². The number of benzene rings is 1. The summed E-state index contributed by atoms with van der Waals surface area (Å²) in [7, 11) is 0. The Kier molecular flexibility index (Phi) is 8.34. The predicted octanol–water partition coefficient (Wildman–Crippen LogP) is 5.74. The molecule has 2 N–H and O–H groups in total. The summed E-state index contributed by atoms with van der Waals surface area (Å²) in [4.78, 5) is 30.2. The number of anilines is 1. The lowest BCUT2D eigenvalue weighted by Gasteiger charge is -2.22. The third-order valence-corrected chi connectivity index (χ3v) is 7.73. The zero-order valence-corrected chi connectivity index (χ0v) is 21.3. The Morgan fingerprint density at radius 1 is 1.19 bits per heavy atom. The van der Waals surface area contributed by atoms with Crippen molar-refractivity contribution >= 4 is 28.3 Å². The van der Waals surface area contributed by atoms with Gasteiger partial charge in [0.1, 0.15) is 11.1 Å². The smallest absolute Gasteiger partial charge is 0.407 e. The Morgan fingerprint density at radius 3 is 2.69 bits per heavy atom. The van der Waals surface area contributed by atoms with Crippen LogP contribution in [0.1, 0.15) is 65.8 Å². The van der Waals surface area contributed by atoms with E-state index in [4.69, 9.17) is 4.74 Å². The summed E-state index contributed by atoms with van der Waals surface area (Å²) in [5, 5.41) is 16.2. The van der Waals surface area contributed by atoms with Crippen LogP contribution >= 0.6 is 11.3 Å². The van der Waals surface area contributed by atoms with E-state index in [-0.39, 0.29) is 23.8 Å². The largest absolute Gasteiger partial charge is 0.449 e. The zero-order valence-electron chi connectivity index (χ0n) is 20.5. The molecule has 0 spiro atoms. The first kappa shape index (κ1) is 25.4. The summed E-state index contributed by atoms with van der Waals surface area (Å²) in [5.41, 5.74) is 3.60. The highest BCUT2D eigenvalue weighted by molar-refractivity contribution is 7.16. The number of hydrogen-bond acceptors (Lipinski definition) is 6. The summed E-state index contributed by atoms with van der Waals surface area (Å²) in [6.07, 6.45) is 5.57. The summed E-state index contributed by atoms with van der Waals surface area (Å²) >= 11 is 1.47. The second-order valence-corrected chi connectivity index (χ2v) is 10.3. The molecule has 4 rings (SSSR count). The molecule has 8 heteroatoms. The van der Waals surface area contributed by atoms with Crippen molar-refractivity contribution in [1.82, 2.24) is 10.3 Å². The van der Waals surface area contributed by atoms with Gasteiger partial charge in [-0.25, -0.2) is 4.79 Å². The molecule has 2 heterocycles. The number of rotatable bonds is 8. The van der Waals surface area contributed by atoms with Gasteiger partial charge < -0.3 is 15.4 Å². The van der Waals surface area contributed by atoms with Crippen molar-refractivity contribution in [3.63, 3.8) is 0 Å². The van der Waals surface area contributed by atoms with Crippen molar-refractivity contribution < 1.29 is 14.3 Å². The molecule has 3 aromatic rings. The first-order valence-electron chi connectivity index (χ1n) is 12.2. The van der Waals surface area contributed by atoms with E-state index >= 15 is 0 Å². The lowest BCUT2D eigenvalue weighted by Crippen LogP contribution is -2.30. The minimum Gasteiger partial charge on any atom is -0.449 e. The number of ether oxygens (including phenoxy) is 1. The van der Waals surface area contributed by atoms with Gasteiger partial charge in [-0.2, -0.15) is 5.26 Å². The van der Waals surface area contributed by atoms with Crippen LogP contribution in [0.5, 0.6) is 0 Å². The Bertz CT molecular complexity index is 1240. The lowest BCUT2D eigenvalue weighted by atomic mass is 9.88. The van der Waals surface area contributed by atoms with Gasteiger partial charge >= 0.3 is 6.09 Å². The van der Waals surface area contributed by atoms with Gasteiger partial charge in [0.2, 0.25) is 5.91 Å². The average molecular weight is 503 g/mol. The van der Waals surface area contributed by atoms with E-state index in [1.165, 1.54) is 11.3 Å². The van der Waals surface area contributed by atoms with Crippen LogP contribution in [-0.2, 0) is 22.4 Å². The Hall–Kier alpha value is -3.70. The second-order valence-electron chi connectivity index (χ2n) is 9.24. The molecule has 0 radical (unpaired) electrons. The number of nitrogens with one attached hydrogen (secondary N) is 2. The number of aromatic nitrogens is 1. The molecule has 1 aliphatic rings. The van der Waals surface area contributed by atoms with Crippen LogP contribution in [0.4, 0.5) is 9.80 Å². The average Bonchev–Trinajstić information content (AvgIpc) is 3.24. The SMILES string of the molecule is CC(CC(=O)Nc1sc2c(c1C#N)CCC(COC(=O)NC(C)c1cccnc1)C2)c1ccccc1. The number of thiophene rings is 1. The van der Waals surface area contributed by atoms with E-state index in [0.717, 1.165) is 40.8 Å². The fourth-order valence-corrected chi connectivity index (χ4v) is 5.81. The second kappa shape index (κ2) is 11.8. The third kappa shape index (κ3) is 6.29. The van der Waals surface area contributed by atoms with E-state index in [1.54, 1.807) is 12.4 Å². The molecule has 0 saturated heterocycles. The van der Waals surface area contributed by atoms with Crippen molar-refractivity contribution in [3.8, 4) is 6.07 Å². The summed E-state index contributed by atoms with van der Waals surface area (Å²) in [5.74, 6) is 0.157. The number of nitrogens with zero attached hydrogens (tertiary/aromatic N) is 2. The van der Waals surface area contributed by atoms with Crippen LogP contribution in [0.15, 0.2) is 54.9 Å². The fraction of sp³-hybridized carbons (Fsp3) is 0.357.